The lowest BCUT2D eigenvalue weighted by Gasteiger charge is -2.12. The standard InChI is InChI=1S/C35H50O6/c36-22-16-9-5-1-3-7-11-18-24-39-30-27-31(40-25-19-12-8-4-2-6-10-17-23-37)34-32(28-30)41-33(35(34)38)26-29-20-14-13-15-21-29/h13-15,20-21,26-28,36-37H,1-12,16-19,22-25H2/b33-26-. The Bertz CT molecular complexity index is 1030. The summed E-state index contributed by atoms with van der Waals surface area (Å²) in [5, 5.41) is 17.8. The minimum absolute atomic E-state index is 0.160. The van der Waals surface area contributed by atoms with E-state index in [1.165, 1.54) is 51.4 Å². The molecule has 1 aliphatic rings. The number of unbranched alkanes of at least 4 members (excludes halogenated alkanes) is 14. The molecule has 0 aliphatic carbocycles. The molecule has 1 aliphatic heterocycles. The van der Waals surface area contributed by atoms with Crippen LogP contribution in [0, 0.1) is 0 Å². The molecule has 0 saturated carbocycles. The summed E-state index contributed by atoms with van der Waals surface area (Å²) in [4.78, 5) is 13.3. The Morgan fingerprint density at radius 3 is 1.71 bits per heavy atom. The van der Waals surface area contributed by atoms with Crippen LogP contribution in [0.1, 0.15) is 119 Å². The molecule has 0 spiro atoms. The number of hydrogen-bond donors (Lipinski definition) is 2. The van der Waals surface area contributed by atoms with Crippen molar-refractivity contribution in [2.75, 3.05) is 26.4 Å². The Morgan fingerprint density at radius 2 is 1.15 bits per heavy atom. The second-order valence-corrected chi connectivity index (χ2v) is 10.9. The van der Waals surface area contributed by atoms with Crippen molar-refractivity contribution in [1.29, 1.82) is 0 Å². The predicted octanol–water partition coefficient (Wildman–Crippen LogP) is 8.29. The third kappa shape index (κ3) is 12.3. The molecule has 226 valence electrons. The van der Waals surface area contributed by atoms with Crippen molar-refractivity contribution in [3.05, 3.63) is 59.4 Å². The lowest BCUT2D eigenvalue weighted by atomic mass is 10.1. The first kappa shape index (κ1) is 32.7. The summed E-state index contributed by atoms with van der Waals surface area (Å²) in [6, 6.07) is 13.4. The van der Waals surface area contributed by atoms with Gasteiger partial charge in [-0.2, -0.15) is 0 Å². The zero-order valence-corrected chi connectivity index (χ0v) is 24.8. The zero-order chi connectivity index (χ0) is 29.0. The van der Waals surface area contributed by atoms with Crippen molar-refractivity contribution in [2.24, 2.45) is 0 Å². The summed E-state index contributed by atoms with van der Waals surface area (Å²) in [6.45, 7) is 1.74. The quantitative estimate of drug-likeness (QED) is 0.104. The fraction of sp³-hybridized carbons (Fsp3) is 0.571. The zero-order valence-electron chi connectivity index (χ0n) is 24.8. The van der Waals surface area contributed by atoms with E-state index in [0.29, 0.717) is 48.4 Å². The number of carbonyl (C=O) groups excluding carboxylic acids is 1. The van der Waals surface area contributed by atoms with Crippen molar-refractivity contribution >= 4 is 11.9 Å². The fourth-order valence-corrected chi connectivity index (χ4v) is 5.07. The van der Waals surface area contributed by atoms with Crippen LogP contribution in [0.15, 0.2) is 48.2 Å². The van der Waals surface area contributed by atoms with Gasteiger partial charge >= 0.3 is 0 Å². The summed E-state index contributed by atoms with van der Waals surface area (Å²) in [5.74, 6) is 1.83. The highest BCUT2D eigenvalue weighted by atomic mass is 16.5. The Hall–Kier alpha value is -2.83. The molecular formula is C35H50O6. The molecule has 0 saturated heterocycles. The molecule has 1 heterocycles. The topological polar surface area (TPSA) is 85.2 Å². The van der Waals surface area contributed by atoms with Gasteiger partial charge in [0, 0.05) is 25.3 Å². The van der Waals surface area contributed by atoms with E-state index in [0.717, 1.165) is 56.9 Å². The second kappa shape index (κ2) is 20.1. The van der Waals surface area contributed by atoms with Crippen LogP contribution in [-0.4, -0.2) is 42.4 Å². The van der Waals surface area contributed by atoms with Gasteiger partial charge in [0.2, 0.25) is 5.78 Å². The van der Waals surface area contributed by atoms with Crippen LogP contribution in [0.2, 0.25) is 0 Å². The van der Waals surface area contributed by atoms with Crippen molar-refractivity contribution in [3.8, 4) is 17.2 Å². The molecule has 0 bridgehead atoms. The fourth-order valence-electron chi connectivity index (χ4n) is 5.07. The summed E-state index contributed by atoms with van der Waals surface area (Å²) >= 11 is 0. The van der Waals surface area contributed by atoms with Gasteiger partial charge < -0.3 is 24.4 Å². The van der Waals surface area contributed by atoms with Gasteiger partial charge in [0.05, 0.1) is 13.2 Å². The van der Waals surface area contributed by atoms with Gasteiger partial charge in [-0.05, 0) is 37.3 Å². The van der Waals surface area contributed by atoms with E-state index < -0.39 is 0 Å². The number of Topliss-reactive ketones (excluding diaryl/α,β-unsaturated/α-hetero) is 1. The maximum atomic E-state index is 13.3. The summed E-state index contributed by atoms with van der Waals surface area (Å²) in [6.07, 6.45) is 19.5. The van der Waals surface area contributed by atoms with Gasteiger partial charge in [0.1, 0.15) is 22.8 Å². The van der Waals surface area contributed by atoms with Crippen molar-refractivity contribution in [2.45, 2.75) is 103 Å². The summed E-state index contributed by atoms with van der Waals surface area (Å²) < 4.78 is 18.3. The summed E-state index contributed by atoms with van der Waals surface area (Å²) in [7, 11) is 0. The second-order valence-electron chi connectivity index (χ2n) is 10.9. The molecule has 0 atom stereocenters. The van der Waals surface area contributed by atoms with Gasteiger partial charge in [-0.3, -0.25) is 4.79 Å². The van der Waals surface area contributed by atoms with E-state index in [4.69, 9.17) is 24.4 Å². The van der Waals surface area contributed by atoms with Gasteiger partial charge in [0.25, 0.3) is 0 Å². The highest BCUT2D eigenvalue weighted by Crippen LogP contribution is 2.42. The number of benzene rings is 2. The molecule has 6 heteroatoms. The van der Waals surface area contributed by atoms with Crippen LogP contribution in [-0.2, 0) is 0 Å². The molecule has 2 aromatic carbocycles. The van der Waals surface area contributed by atoms with Crippen LogP contribution in [0.3, 0.4) is 0 Å². The van der Waals surface area contributed by atoms with E-state index in [9.17, 15) is 4.79 Å². The number of aliphatic hydroxyl groups excluding tert-OH is 2. The number of ether oxygens (including phenoxy) is 3. The van der Waals surface area contributed by atoms with Crippen LogP contribution >= 0.6 is 0 Å². The van der Waals surface area contributed by atoms with Crippen molar-refractivity contribution in [1.82, 2.24) is 0 Å². The number of allylic oxidation sites excluding steroid dienone is 1. The highest BCUT2D eigenvalue weighted by molar-refractivity contribution is 6.16. The third-order valence-electron chi connectivity index (χ3n) is 7.44. The molecule has 6 nitrogen and oxygen atoms in total. The van der Waals surface area contributed by atoms with E-state index in [-0.39, 0.29) is 12.4 Å². The number of aliphatic hydroxyl groups is 2. The van der Waals surface area contributed by atoms with E-state index >= 15 is 0 Å². The van der Waals surface area contributed by atoms with Gasteiger partial charge in [-0.1, -0.05) is 107 Å². The smallest absolute Gasteiger partial charge is 0.235 e. The number of rotatable bonds is 23. The molecule has 41 heavy (non-hydrogen) atoms. The lowest BCUT2D eigenvalue weighted by Crippen LogP contribution is -2.04. The Morgan fingerprint density at radius 1 is 0.634 bits per heavy atom. The van der Waals surface area contributed by atoms with Crippen LogP contribution in [0.25, 0.3) is 6.08 Å². The summed E-state index contributed by atoms with van der Waals surface area (Å²) in [5.41, 5.74) is 1.39. The molecule has 2 N–H and O–H groups in total. The van der Waals surface area contributed by atoms with Gasteiger partial charge in [-0.15, -0.1) is 0 Å². The largest absolute Gasteiger partial charge is 0.493 e. The van der Waals surface area contributed by atoms with Gasteiger partial charge in [-0.25, -0.2) is 0 Å². The molecule has 0 unspecified atom stereocenters. The first-order valence-electron chi connectivity index (χ1n) is 15.9. The molecule has 2 aromatic rings. The Balaban J connectivity index is 1.51. The Labute approximate surface area is 246 Å². The van der Waals surface area contributed by atoms with Gasteiger partial charge in [0.15, 0.2) is 5.76 Å². The molecule has 0 fully saturated rings. The van der Waals surface area contributed by atoms with Crippen molar-refractivity contribution in [3.63, 3.8) is 0 Å². The molecule has 3 rings (SSSR count). The minimum atomic E-state index is -0.160. The first-order chi connectivity index (χ1) is 20.2. The average molecular weight is 567 g/mol. The third-order valence-corrected chi connectivity index (χ3v) is 7.44. The minimum Gasteiger partial charge on any atom is -0.493 e. The van der Waals surface area contributed by atoms with Crippen molar-refractivity contribution < 1.29 is 29.2 Å². The molecule has 0 aromatic heterocycles. The average Bonchev–Trinajstić information content (AvgIpc) is 3.30. The Kier molecular flexibility index (Phi) is 16.0. The predicted molar refractivity (Wildman–Crippen MR) is 165 cm³/mol. The van der Waals surface area contributed by atoms with E-state index in [1.54, 1.807) is 6.08 Å². The maximum absolute atomic E-state index is 13.3. The van der Waals surface area contributed by atoms with Crippen LogP contribution < -0.4 is 14.2 Å². The normalized spacial score (nSPS) is 13.4. The van der Waals surface area contributed by atoms with E-state index in [1.807, 2.05) is 42.5 Å². The number of fused-ring (bicyclic) bond motifs is 1. The van der Waals surface area contributed by atoms with E-state index in [2.05, 4.69) is 0 Å². The number of ketones is 1. The highest BCUT2D eigenvalue weighted by Gasteiger charge is 2.32. The maximum Gasteiger partial charge on any atom is 0.235 e. The molecular weight excluding hydrogens is 516 g/mol. The number of carbonyl (C=O) groups is 1. The number of hydrogen-bond acceptors (Lipinski definition) is 6. The SMILES string of the molecule is O=C1/C(=C/c2ccccc2)Oc2cc(OCCCCCCCCCCO)cc(OCCCCCCCCCCO)c21. The molecule has 0 radical (unpaired) electrons. The first-order valence-corrected chi connectivity index (χ1v) is 15.9. The van der Waals surface area contributed by atoms with Crippen LogP contribution in [0.5, 0.6) is 17.2 Å². The lowest BCUT2D eigenvalue weighted by molar-refractivity contribution is 0.101. The molecule has 0 amide bonds. The monoisotopic (exact) mass is 566 g/mol. The van der Waals surface area contributed by atoms with Crippen LogP contribution in [0.4, 0.5) is 0 Å².